The molecule has 0 fully saturated rings. The van der Waals surface area contributed by atoms with Crippen molar-refractivity contribution in [3.8, 4) is 11.5 Å². The zero-order chi connectivity index (χ0) is 14.5. The summed E-state index contributed by atoms with van der Waals surface area (Å²) in [6, 6.07) is 5.58. The van der Waals surface area contributed by atoms with Gasteiger partial charge >= 0.3 is 0 Å². The molecule has 0 heterocycles. The van der Waals surface area contributed by atoms with E-state index in [1.54, 1.807) is 14.2 Å². The predicted molar refractivity (Wildman–Crippen MR) is 72.7 cm³/mol. The molecule has 0 aliphatic heterocycles. The molecule has 0 spiro atoms. The lowest BCUT2D eigenvalue weighted by molar-refractivity contribution is -0.124. The van der Waals surface area contributed by atoms with Gasteiger partial charge in [-0.25, -0.2) is 0 Å². The number of rotatable bonds is 6. The lowest BCUT2D eigenvalue weighted by Crippen LogP contribution is -2.38. The van der Waals surface area contributed by atoms with Crippen LogP contribution in [-0.2, 0) is 10.2 Å². The molecule has 0 unspecified atom stereocenters. The second kappa shape index (κ2) is 6.43. The number of benzene rings is 1. The van der Waals surface area contributed by atoms with Gasteiger partial charge in [-0.2, -0.15) is 0 Å². The standard InChI is InChI=1S/C14H21NO4/c1-14(2,9-15-13(17)8-16)11-6-5-10(18-3)7-12(11)19-4/h5-7,16H,8-9H2,1-4H3,(H,15,17). The third-order valence-electron chi connectivity index (χ3n) is 3.01. The van der Waals surface area contributed by atoms with E-state index in [0.717, 1.165) is 11.3 Å². The molecule has 19 heavy (non-hydrogen) atoms. The van der Waals surface area contributed by atoms with Crippen molar-refractivity contribution in [1.82, 2.24) is 5.32 Å². The molecule has 0 aliphatic rings. The lowest BCUT2D eigenvalue weighted by atomic mass is 9.83. The van der Waals surface area contributed by atoms with E-state index in [2.05, 4.69) is 5.32 Å². The van der Waals surface area contributed by atoms with Crippen molar-refractivity contribution in [2.75, 3.05) is 27.4 Å². The first-order valence-corrected chi connectivity index (χ1v) is 6.04. The average molecular weight is 267 g/mol. The Labute approximate surface area is 113 Å². The number of hydrogen-bond acceptors (Lipinski definition) is 4. The minimum atomic E-state index is -0.504. The van der Waals surface area contributed by atoms with Gasteiger partial charge in [-0.05, 0) is 6.07 Å². The van der Waals surface area contributed by atoms with E-state index in [0.29, 0.717) is 12.3 Å². The summed E-state index contributed by atoms with van der Waals surface area (Å²) in [6.45, 7) is 3.90. The molecule has 1 rings (SSSR count). The van der Waals surface area contributed by atoms with Crippen LogP contribution in [0.1, 0.15) is 19.4 Å². The fourth-order valence-electron chi connectivity index (χ4n) is 1.83. The van der Waals surface area contributed by atoms with Crippen molar-refractivity contribution in [3.05, 3.63) is 23.8 Å². The monoisotopic (exact) mass is 267 g/mol. The Morgan fingerprint density at radius 1 is 1.32 bits per heavy atom. The summed E-state index contributed by atoms with van der Waals surface area (Å²) in [5, 5.41) is 11.4. The van der Waals surface area contributed by atoms with E-state index < -0.39 is 6.61 Å². The molecule has 2 N–H and O–H groups in total. The van der Waals surface area contributed by atoms with E-state index in [1.165, 1.54) is 0 Å². The van der Waals surface area contributed by atoms with Gasteiger partial charge < -0.3 is 19.9 Å². The molecular weight excluding hydrogens is 246 g/mol. The molecule has 0 atom stereocenters. The molecule has 1 amide bonds. The summed E-state index contributed by atoms with van der Waals surface area (Å²) >= 11 is 0. The second-order valence-corrected chi connectivity index (χ2v) is 4.88. The minimum absolute atomic E-state index is 0.317. The average Bonchev–Trinajstić information content (AvgIpc) is 2.43. The Kier molecular flexibility index (Phi) is 5.18. The van der Waals surface area contributed by atoms with E-state index in [-0.39, 0.29) is 11.3 Å². The summed E-state index contributed by atoms with van der Waals surface area (Å²) in [5.41, 5.74) is 0.650. The summed E-state index contributed by atoms with van der Waals surface area (Å²) in [4.78, 5) is 11.1. The fourth-order valence-corrected chi connectivity index (χ4v) is 1.83. The Balaban J connectivity index is 2.96. The van der Waals surface area contributed by atoms with Gasteiger partial charge in [0, 0.05) is 23.6 Å². The number of aliphatic hydroxyl groups excluding tert-OH is 1. The number of carbonyl (C=O) groups is 1. The van der Waals surface area contributed by atoms with Crippen LogP contribution in [-0.4, -0.2) is 38.4 Å². The SMILES string of the molecule is COc1ccc(C(C)(C)CNC(=O)CO)c(OC)c1. The number of ether oxygens (including phenoxy) is 2. The molecule has 106 valence electrons. The number of nitrogens with one attached hydrogen (secondary N) is 1. The van der Waals surface area contributed by atoms with Crippen molar-refractivity contribution in [2.24, 2.45) is 0 Å². The summed E-state index contributed by atoms with van der Waals surface area (Å²) in [6.07, 6.45) is 0. The van der Waals surface area contributed by atoms with Crippen LogP contribution in [0.15, 0.2) is 18.2 Å². The van der Waals surface area contributed by atoms with Gasteiger partial charge in [-0.1, -0.05) is 19.9 Å². The Morgan fingerprint density at radius 3 is 2.53 bits per heavy atom. The number of hydrogen-bond donors (Lipinski definition) is 2. The van der Waals surface area contributed by atoms with Gasteiger partial charge in [0.1, 0.15) is 18.1 Å². The van der Waals surface area contributed by atoms with Gasteiger partial charge in [0.2, 0.25) is 5.91 Å². The summed E-state index contributed by atoms with van der Waals surface area (Å²) < 4.78 is 10.5. The maximum absolute atomic E-state index is 11.1. The van der Waals surface area contributed by atoms with Gasteiger partial charge in [0.15, 0.2) is 0 Å². The van der Waals surface area contributed by atoms with E-state index in [4.69, 9.17) is 14.6 Å². The number of amides is 1. The van der Waals surface area contributed by atoms with Crippen molar-refractivity contribution >= 4 is 5.91 Å². The van der Waals surface area contributed by atoms with Gasteiger partial charge in [-0.15, -0.1) is 0 Å². The van der Waals surface area contributed by atoms with Crippen molar-refractivity contribution in [2.45, 2.75) is 19.3 Å². The molecular formula is C14H21NO4. The molecule has 0 radical (unpaired) electrons. The van der Waals surface area contributed by atoms with Crippen molar-refractivity contribution in [3.63, 3.8) is 0 Å². The van der Waals surface area contributed by atoms with E-state index in [1.807, 2.05) is 32.0 Å². The van der Waals surface area contributed by atoms with Crippen LogP contribution in [0.2, 0.25) is 0 Å². The maximum atomic E-state index is 11.1. The third-order valence-corrected chi connectivity index (χ3v) is 3.01. The number of carbonyl (C=O) groups excluding carboxylic acids is 1. The van der Waals surface area contributed by atoms with Crippen LogP contribution in [0.3, 0.4) is 0 Å². The Bertz CT molecular complexity index is 443. The molecule has 0 saturated heterocycles. The maximum Gasteiger partial charge on any atom is 0.245 e. The molecule has 0 bridgehead atoms. The summed E-state index contributed by atoms with van der Waals surface area (Å²) in [5.74, 6) is 1.04. The number of aliphatic hydroxyl groups is 1. The normalized spacial score (nSPS) is 11.0. The topological polar surface area (TPSA) is 67.8 Å². The first-order valence-electron chi connectivity index (χ1n) is 6.04. The quantitative estimate of drug-likeness (QED) is 0.809. The zero-order valence-corrected chi connectivity index (χ0v) is 11.8. The largest absolute Gasteiger partial charge is 0.497 e. The molecule has 5 heteroatoms. The molecule has 0 aliphatic carbocycles. The third kappa shape index (κ3) is 3.86. The first kappa shape index (κ1) is 15.3. The minimum Gasteiger partial charge on any atom is -0.497 e. The van der Waals surface area contributed by atoms with Crippen LogP contribution in [0.4, 0.5) is 0 Å². The van der Waals surface area contributed by atoms with Crippen LogP contribution in [0.5, 0.6) is 11.5 Å². The zero-order valence-electron chi connectivity index (χ0n) is 11.8. The fraction of sp³-hybridized carbons (Fsp3) is 0.500. The molecule has 5 nitrogen and oxygen atoms in total. The molecule has 1 aromatic rings. The Hall–Kier alpha value is -1.75. The van der Waals surface area contributed by atoms with Crippen LogP contribution in [0.25, 0.3) is 0 Å². The smallest absolute Gasteiger partial charge is 0.245 e. The lowest BCUT2D eigenvalue weighted by Gasteiger charge is -2.27. The predicted octanol–water partition coefficient (Wildman–Crippen LogP) is 1.09. The van der Waals surface area contributed by atoms with Gasteiger partial charge in [0.05, 0.1) is 14.2 Å². The second-order valence-electron chi connectivity index (χ2n) is 4.88. The molecule has 0 aromatic heterocycles. The summed E-state index contributed by atoms with van der Waals surface area (Å²) in [7, 11) is 3.20. The number of methoxy groups -OCH3 is 2. The van der Waals surface area contributed by atoms with Crippen LogP contribution >= 0.6 is 0 Å². The first-order chi connectivity index (χ1) is 8.94. The van der Waals surface area contributed by atoms with Crippen LogP contribution < -0.4 is 14.8 Å². The van der Waals surface area contributed by atoms with Crippen molar-refractivity contribution in [1.29, 1.82) is 0 Å². The van der Waals surface area contributed by atoms with Crippen molar-refractivity contribution < 1.29 is 19.4 Å². The van der Waals surface area contributed by atoms with Gasteiger partial charge in [0.25, 0.3) is 0 Å². The highest BCUT2D eigenvalue weighted by atomic mass is 16.5. The molecule has 1 aromatic carbocycles. The van der Waals surface area contributed by atoms with Gasteiger partial charge in [-0.3, -0.25) is 4.79 Å². The highest BCUT2D eigenvalue weighted by molar-refractivity contribution is 5.77. The van der Waals surface area contributed by atoms with E-state index in [9.17, 15) is 4.79 Å². The van der Waals surface area contributed by atoms with Crippen LogP contribution in [0, 0.1) is 0 Å². The highest BCUT2D eigenvalue weighted by Gasteiger charge is 2.25. The highest BCUT2D eigenvalue weighted by Crippen LogP contribution is 2.33. The van der Waals surface area contributed by atoms with E-state index >= 15 is 0 Å². The molecule has 0 saturated carbocycles. The Morgan fingerprint density at radius 2 is 2.00 bits per heavy atom.